The van der Waals surface area contributed by atoms with Crippen LogP contribution < -0.4 is 0 Å². The van der Waals surface area contributed by atoms with Crippen LogP contribution in [0.1, 0.15) is 26.2 Å². The molecule has 4 heteroatoms. The van der Waals surface area contributed by atoms with Gasteiger partial charge in [-0.3, -0.25) is 0 Å². The van der Waals surface area contributed by atoms with E-state index in [1.165, 1.54) is 0 Å². The smallest absolute Gasteiger partial charge is 0.248 e. The highest BCUT2D eigenvalue weighted by atomic mass is 35.7. The van der Waals surface area contributed by atoms with Crippen molar-refractivity contribution >= 4 is 28.9 Å². The van der Waals surface area contributed by atoms with Gasteiger partial charge in [-0.15, -0.1) is 22.2 Å². The minimum Gasteiger partial charge on any atom is -0.381 e. The van der Waals surface area contributed by atoms with Crippen LogP contribution >= 0.6 is 22.2 Å². The van der Waals surface area contributed by atoms with E-state index < -0.39 is 6.69 Å². The molecule has 0 spiro atoms. The number of halogens is 2. The Balaban J connectivity index is 3.01. The molecule has 0 amide bonds. The summed E-state index contributed by atoms with van der Waals surface area (Å²) in [5.74, 6) is 0. The molecule has 0 saturated carbocycles. The summed E-state index contributed by atoms with van der Waals surface area (Å²) < 4.78 is 5.33. The van der Waals surface area contributed by atoms with Crippen molar-refractivity contribution in [3.63, 3.8) is 0 Å². The number of rotatable bonds is 7. The fraction of sp³-hybridized carbons (Fsp3) is 1.00. The van der Waals surface area contributed by atoms with Crippen LogP contribution in [0.4, 0.5) is 0 Å². The first-order valence-electron chi connectivity index (χ1n) is 4.52. The van der Waals surface area contributed by atoms with Gasteiger partial charge >= 0.3 is 0 Å². The summed E-state index contributed by atoms with van der Waals surface area (Å²) in [5, 5.41) is 0. The maximum absolute atomic E-state index is 5.94. The zero-order valence-corrected chi connectivity index (χ0v) is 10.4. The van der Waals surface area contributed by atoms with Crippen molar-refractivity contribution in [2.24, 2.45) is 0 Å². The first-order chi connectivity index (χ1) is 5.56. The summed E-state index contributed by atoms with van der Waals surface area (Å²) in [5.41, 5.74) is 0. The third kappa shape index (κ3) is 10.8. The normalized spacial score (nSPS) is 12.0. The molecule has 0 aromatic carbocycles. The molecule has 74 valence electrons. The van der Waals surface area contributed by atoms with E-state index in [1.54, 1.807) is 0 Å². The van der Waals surface area contributed by atoms with Gasteiger partial charge in [0.15, 0.2) is 0 Å². The number of unbranched alkanes of at least 4 members (excludes halogenated alkanes) is 1. The van der Waals surface area contributed by atoms with E-state index in [-0.39, 0.29) is 0 Å². The molecule has 0 N–H and O–H groups in total. The van der Waals surface area contributed by atoms with Crippen LogP contribution in [-0.2, 0) is 4.74 Å². The van der Waals surface area contributed by atoms with Gasteiger partial charge in [0, 0.05) is 13.2 Å². The van der Waals surface area contributed by atoms with E-state index in [9.17, 15) is 0 Å². The van der Waals surface area contributed by atoms with Crippen LogP contribution in [-0.4, -0.2) is 19.9 Å². The summed E-state index contributed by atoms with van der Waals surface area (Å²) in [6.45, 7) is 3.96. The largest absolute Gasteiger partial charge is 0.381 e. The summed E-state index contributed by atoms with van der Waals surface area (Å²) in [6, 6.07) is 0.978. The molecule has 0 rings (SSSR count). The Labute approximate surface area is 85.8 Å². The predicted octanol–water partition coefficient (Wildman–Crippen LogP) is 3.74. The molecular weight excluding hydrogens is 211 g/mol. The molecule has 0 aromatic rings. The number of ether oxygens (including phenoxy) is 1. The highest BCUT2D eigenvalue weighted by molar-refractivity contribution is 7.44. The molecule has 0 bridgehead atoms. The van der Waals surface area contributed by atoms with Crippen molar-refractivity contribution < 1.29 is 4.74 Å². The maximum atomic E-state index is 5.94. The average Bonchev–Trinajstić information content (AvgIpc) is 1.94. The highest BCUT2D eigenvalue weighted by Crippen LogP contribution is 2.22. The second-order valence-electron chi connectivity index (χ2n) is 3.14. The molecule has 0 aromatic heterocycles. The molecule has 0 radical (unpaired) electrons. The van der Waals surface area contributed by atoms with Gasteiger partial charge in [-0.1, -0.05) is 13.3 Å². The Morgan fingerprint density at radius 2 is 1.83 bits per heavy atom. The third-order valence-electron chi connectivity index (χ3n) is 1.50. The number of hydrogen-bond donors (Lipinski definition) is 0. The quantitative estimate of drug-likeness (QED) is 0.367. The average molecular weight is 229 g/mol. The van der Waals surface area contributed by atoms with E-state index >= 15 is 0 Å². The standard InChI is InChI=1S/C8H18Cl2OSi/c1-3-6-11-7-4-5-8-12(2,9)10/h3-8H2,1-2H3. The van der Waals surface area contributed by atoms with Crippen molar-refractivity contribution in [1.29, 1.82) is 0 Å². The van der Waals surface area contributed by atoms with Gasteiger partial charge < -0.3 is 4.74 Å². The lowest BCUT2D eigenvalue weighted by Crippen LogP contribution is -2.12. The van der Waals surface area contributed by atoms with Crippen LogP contribution in [0.3, 0.4) is 0 Å². The van der Waals surface area contributed by atoms with Crippen molar-refractivity contribution in [3.05, 3.63) is 0 Å². The zero-order chi connectivity index (χ0) is 9.45. The van der Waals surface area contributed by atoms with E-state index in [1.807, 2.05) is 6.55 Å². The van der Waals surface area contributed by atoms with Crippen LogP contribution in [0, 0.1) is 0 Å². The van der Waals surface area contributed by atoms with E-state index in [0.29, 0.717) is 0 Å². The van der Waals surface area contributed by atoms with Crippen LogP contribution in [0.15, 0.2) is 0 Å². The molecule has 12 heavy (non-hydrogen) atoms. The van der Waals surface area contributed by atoms with Gasteiger partial charge in [-0.05, 0) is 25.4 Å². The van der Waals surface area contributed by atoms with Crippen molar-refractivity contribution in [2.45, 2.75) is 38.8 Å². The second kappa shape index (κ2) is 7.19. The van der Waals surface area contributed by atoms with Crippen molar-refractivity contribution in [3.8, 4) is 0 Å². The fourth-order valence-electron chi connectivity index (χ4n) is 0.886. The maximum Gasteiger partial charge on any atom is 0.248 e. The van der Waals surface area contributed by atoms with E-state index in [0.717, 1.165) is 38.5 Å². The Morgan fingerprint density at radius 3 is 2.33 bits per heavy atom. The predicted molar refractivity (Wildman–Crippen MR) is 58.5 cm³/mol. The van der Waals surface area contributed by atoms with Gasteiger partial charge in [-0.2, -0.15) is 0 Å². The number of hydrogen-bond acceptors (Lipinski definition) is 1. The van der Waals surface area contributed by atoms with Gasteiger partial charge in [0.25, 0.3) is 0 Å². The van der Waals surface area contributed by atoms with E-state index in [2.05, 4.69) is 6.92 Å². The monoisotopic (exact) mass is 228 g/mol. The molecule has 0 atom stereocenters. The molecule has 0 fully saturated rings. The van der Waals surface area contributed by atoms with Gasteiger partial charge in [0.1, 0.15) is 0 Å². The molecule has 1 nitrogen and oxygen atoms in total. The lowest BCUT2D eigenvalue weighted by Gasteiger charge is -2.09. The fourth-order valence-corrected chi connectivity index (χ4v) is 2.56. The summed E-state index contributed by atoms with van der Waals surface area (Å²) in [7, 11) is 0. The Kier molecular flexibility index (Phi) is 7.64. The van der Waals surface area contributed by atoms with Crippen molar-refractivity contribution in [1.82, 2.24) is 0 Å². The Hall–Kier alpha value is 0.757. The first-order valence-corrected chi connectivity index (χ1v) is 9.25. The van der Waals surface area contributed by atoms with Gasteiger partial charge in [0.2, 0.25) is 6.69 Å². The van der Waals surface area contributed by atoms with Crippen LogP contribution in [0.25, 0.3) is 0 Å². The molecule has 0 aliphatic carbocycles. The van der Waals surface area contributed by atoms with Crippen LogP contribution in [0.5, 0.6) is 0 Å². The lowest BCUT2D eigenvalue weighted by molar-refractivity contribution is 0.132. The second-order valence-corrected chi connectivity index (χ2v) is 11.4. The summed E-state index contributed by atoms with van der Waals surface area (Å²) >= 11 is 11.9. The highest BCUT2D eigenvalue weighted by Gasteiger charge is 2.19. The molecule has 0 unspecified atom stereocenters. The lowest BCUT2D eigenvalue weighted by atomic mass is 10.3. The van der Waals surface area contributed by atoms with Gasteiger partial charge in [-0.25, -0.2) is 0 Å². The molecule has 0 heterocycles. The van der Waals surface area contributed by atoms with Crippen molar-refractivity contribution in [2.75, 3.05) is 13.2 Å². The SMILES string of the molecule is CCCOCCCC[Si](C)(Cl)Cl. The summed E-state index contributed by atoms with van der Waals surface area (Å²) in [6.07, 6.45) is 3.28. The van der Waals surface area contributed by atoms with Gasteiger partial charge in [0.05, 0.1) is 0 Å². The minimum absolute atomic E-state index is 0.853. The summed E-state index contributed by atoms with van der Waals surface area (Å²) in [4.78, 5) is 0. The minimum atomic E-state index is -1.84. The zero-order valence-electron chi connectivity index (χ0n) is 7.91. The molecule has 0 aliphatic heterocycles. The molecule has 0 saturated heterocycles. The molecular formula is C8H18Cl2OSi. The topological polar surface area (TPSA) is 9.23 Å². The Bertz CT molecular complexity index is 104. The Morgan fingerprint density at radius 1 is 1.17 bits per heavy atom. The molecule has 0 aliphatic rings. The first kappa shape index (κ1) is 12.8. The third-order valence-corrected chi connectivity index (χ3v) is 3.87. The van der Waals surface area contributed by atoms with Crippen LogP contribution in [0.2, 0.25) is 12.6 Å². The van der Waals surface area contributed by atoms with E-state index in [4.69, 9.17) is 26.9 Å².